The van der Waals surface area contributed by atoms with Crippen LogP contribution in [0.1, 0.15) is 110 Å². The Morgan fingerprint density at radius 1 is 0.741 bits per heavy atom. The van der Waals surface area contributed by atoms with Crippen LogP contribution in [-0.4, -0.2) is 40.1 Å². The lowest BCUT2D eigenvalue weighted by Gasteiger charge is -2.63. The van der Waals surface area contributed by atoms with E-state index in [1.165, 1.54) is 25.9 Å². The van der Waals surface area contributed by atoms with Crippen molar-refractivity contribution >= 4 is 0 Å². The first-order valence-electron chi connectivity index (χ1n) is 11.3. The van der Waals surface area contributed by atoms with Crippen LogP contribution in [0, 0.1) is 22.2 Å². The molecule has 162 valence electrons. The van der Waals surface area contributed by atoms with Crippen molar-refractivity contribution in [2.24, 2.45) is 22.2 Å². The van der Waals surface area contributed by atoms with Crippen molar-refractivity contribution < 1.29 is 0 Å². The van der Waals surface area contributed by atoms with E-state index in [1.54, 1.807) is 0 Å². The highest BCUT2D eigenvalue weighted by atomic mass is 15.4. The van der Waals surface area contributed by atoms with Gasteiger partial charge in [-0.25, -0.2) is 0 Å². The number of nitrogens with zero attached hydrogens (tertiary/aromatic N) is 2. The number of likely N-dealkylation sites (tertiary alicyclic amines) is 1. The van der Waals surface area contributed by atoms with Gasteiger partial charge in [0.15, 0.2) is 0 Å². The topological polar surface area (TPSA) is 6.48 Å². The Morgan fingerprint density at radius 2 is 1.15 bits per heavy atom. The Bertz CT molecular complexity index is 477. The molecule has 2 nitrogen and oxygen atoms in total. The number of hydrogen-bond donors (Lipinski definition) is 0. The van der Waals surface area contributed by atoms with E-state index in [-0.39, 0.29) is 22.0 Å². The fourth-order valence-corrected chi connectivity index (χ4v) is 5.63. The second-order valence-corrected chi connectivity index (χ2v) is 13.0. The summed E-state index contributed by atoms with van der Waals surface area (Å²) in [7, 11) is 0. The molecule has 0 saturated carbocycles. The Labute approximate surface area is 172 Å². The molecule has 0 unspecified atom stereocenters. The second-order valence-electron chi connectivity index (χ2n) is 13.0. The van der Waals surface area contributed by atoms with E-state index in [2.05, 4.69) is 107 Å². The Kier molecular flexibility index (Phi) is 7.06. The van der Waals surface area contributed by atoms with Crippen LogP contribution in [0.5, 0.6) is 0 Å². The predicted molar refractivity (Wildman–Crippen MR) is 122 cm³/mol. The molecule has 1 heterocycles. The summed E-state index contributed by atoms with van der Waals surface area (Å²) in [6.07, 6.45) is 2.64. The summed E-state index contributed by atoms with van der Waals surface area (Å²) in [5, 5.41) is 0. The van der Waals surface area contributed by atoms with Gasteiger partial charge in [-0.15, -0.1) is 0 Å². The Morgan fingerprint density at radius 3 is 1.44 bits per heavy atom. The molecule has 0 aliphatic carbocycles. The minimum atomic E-state index is 0.0447. The maximum atomic E-state index is 2.81. The molecule has 0 aromatic rings. The molecule has 0 amide bonds. The van der Waals surface area contributed by atoms with Gasteiger partial charge in [0.05, 0.1) is 5.66 Å². The molecule has 0 aromatic heterocycles. The van der Waals surface area contributed by atoms with Crippen molar-refractivity contribution in [1.29, 1.82) is 0 Å². The summed E-state index contributed by atoms with van der Waals surface area (Å²) in [5.41, 5.74) is 0.957. The van der Waals surface area contributed by atoms with Crippen molar-refractivity contribution in [3.8, 4) is 0 Å². The first-order chi connectivity index (χ1) is 11.8. The summed E-state index contributed by atoms with van der Waals surface area (Å²) in [6, 6.07) is 0.497. The molecular formula is C25H52N2. The second kappa shape index (κ2) is 7.63. The zero-order chi connectivity index (χ0) is 21.6. The molecule has 1 aliphatic heterocycles. The highest BCUT2D eigenvalue weighted by Gasteiger charge is 2.54. The molecule has 1 saturated heterocycles. The fraction of sp³-hybridized carbons (Fsp3) is 1.00. The van der Waals surface area contributed by atoms with Crippen LogP contribution < -0.4 is 0 Å². The average Bonchev–Trinajstić information content (AvgIpc) is 2.43. The van der Waals surface area contributed by atoms with Crippen LogP contribution in [0.3, 0.4) is 0 Å². The molecule has 0 N–H and O–H groups in total. The zero-order valence-electron chi connectivity index (χ0n) is 21.4. The molecule has 27 heavy (non-hydrogen) atoms. The van der Waals surface area contributed by atoms with Gasteiger partial charge in [-0.3, -0.25) is 9.80 Å². The Hall–Kier alpha value is -0.0800. The maximum Gasteiger partial charge on any atom is 0.0686 e. The molecule has 1 rings (SSSR count). The SMILES string of the molecule is CC(C)N(C(C)(C)N1CCC(C(C)(C)C)CC1)C(C)(C)C(C)(C)C(C)(C)C. The van der Waals surface area contributed by atoms with E-state index >= 15 is 0 Å². The number of piperidine rings is 1. The molecule has 0 bridgehead atoms. The van der Waals surface area contributed by atoms with Gasteiger partial charge in [0.2, 0.25) is 0 Å². The average molecular weight is 381 g/mol. The summed E-state index contributed by atoms with van der Waals surface area (Å²) in [5.74, 6) is 0.844. The van der Waals surface area contributed by atoms with Crippen LogP contribution in [0.25, 0.3) is 0 Å². The monoisotopic (exact) mass is 380 g/mol. The van der Waals surface area contributed by atoms with Crippen LogP contribution in [0.2, 0.25) is 0 Å². The van der Waals surface area contributed by atoms with Gasteiger partial charge in [0.25, 0.3) is 0 Å². The highest BCUT2D eigenvalue weighted by molar-refractivity contribution is 5.06. The van der Waals surface area contributed by atoms with Gasteiger partial charge >= 0.3 is 0 Å². The minimum absolute atomic E-state index is 0.0447. The molecule has 0 atom stereocenters. The van der Waals surface area contributed by atoms with Gasteiger partial charge in [0.1, 0.15) is 0 Å². The van der Waals surface area contributed by atoms with Crippen molar-refractivity contribution in [2.75, 3.05) is 13.1 Å². The summed E-state index contributed by atoms with van der Waals surface area (Å²) < 4.78 is 0. The first-order valence-corrected chi connectivity index (χ1v) is 11.3. The molecular weight excluding hydrogens is 328 g/mol. The van der Waals surface area contributed by atoms with Gasteiger partial charge in [-0.2, -0.15) is 0 Å². The summed E-state index contributed by atoms with van der Waals surface area (Å²) >= 11 is 0. The summed E-state index contributed by atoms with van der Waals surface area (Å²) in [6.45, 7) is 36.4. The number of rotatable bonds is 5. The van der Waals surface area contributed by atoms with E-state index in [1.807, 2.05) is 0 Å². The maximum absolute atomic E-state index is 2.81. The lowest BCUT2D eigenvalue weighted by atomic mass is 9.58. The molecule has 1 fully saturated rings. The molecule has 0 aromatic carbocycles. The third-order valence-electron chi connectivity index (χ3n) is 8.61. The van der Waals surface area contributed by atoms with E-state index in [0.29, 0.717) is 11.5 Å². The van der Waals surface area contributed by atoms with Crippen molar-refractivity contribution in [3.63, 3.8) is 0 Å². The van der Waals surface area contributed by atoms with Crippen molar-refractivity contribution in [1.82, 2.24) is 9.80 Å². The zero-order valence-corrected chi connectivity index (χ0v) is 21.4. The van der Waals surface area contributed by atoms with Gasteiger partial charge < -0.3 is 0 Å². The number of hydrogen-bond acceptors (Lipinski definition) is 2. The van der Waals surface area contributed by atoms with Crippen LogP contribution in [-0.2, 0) is 0 Å². The van der Waals surface area contributed by atoms with Crippen molar-refractivity contribution in [3.05, 3.63) is 0 Å². The van der Waals surface area contributed by atoms with Crippen LogP contribution >= 0.6 is 0 Å². The van der Waals surface area contributed by atoms with Gasteiger partial charge in [-0.1, -0.05) is 55.4 Å². The van der Waals surface area contributed by atoms with Gasteiger partial charge in [-0.05, 0) is 76.5 Å². The normalized spacial score (nSPS) is 20.0. The third kappa shape index (κ3) is 4.74. The quantitative estimate of drug-likeness (QED) is 0.504. The lowest BCUT2D eigenvalue weighted by Crippen LogP contribution is -2.71. The fourth-order valence-electron chi connectivity index (χ4n) is 5.63. The largest absolute Gasteiger partial charge is 0.286 e. The molecule has 2 heteroatoms. The van der Waals surface area contributed by atoms with Gasteiger partial charge in [0, 0.05) is 24.7 Å². The van der Waals surface area contributed by atoms with E-state index < -0.39 is 0 Å². The molecule has 1 aliphatic rings. The molecule has 0 radical (unpaired) electrons. The third-order valence-corrected chi connectivity index (χ3v) is 8.61. The Balaban J connectivity index is 3.20. The standard InChI is InChI=1S/C25H52N2/c1-19(2)27(24(11,12)23(9,10)22(6,7)8)25(13,14)26-17-15-20(16-18-26)21(3,4)5/h19-20H,15-18H2,1-14H3. The van der Waals surface area contributed by atoms with E-state index in [9.17, 15) is 0 Å². The predicted octanol–water partition coefficient (Wildman–Crippen LogP) is 7.04. The smallest absolute Gasteiger partial charge is 0.0686 e. The first kappa shape index (κ1) is 25.0. The summed E-state index contributed by atoms with van der Waals surface area (Å²) in [4.78, 5) is 5.57. The lowest BCUT2D eigenvalue weighted by molar-refractivity contribution is -0.169. The van der Waals surface area contributed by atoms with E-state index in [0.717, 1.165) is 5.92 Å². The minimum Gasteiger partial charge on any atom is -0.286 e. The van der Waals surface area contributed by atoms with E-state index in [4.69, 9.17) is 0 Å². The van der Waals surface area contributed by atoms with Crippen molar-refractivity contribution in [2.45, 2.75) is 127 Å². The van der Waals surface area contributed by atoms with Crippen LogP contribution in [0.15, 0.2) is 0 Å². The van der Waals surface area contributed by atoms with Crippen LogP contribution in [0.4, 0.5) is 0 Å². The highest BCUT2D eigenvalue weighted by Crippen LogP contribution is 2.51. The molecule has 0 spiro atoms.